The van der Waals surface area contributed by atoms with Crippen molar-refractivity contribution in [1.82, 2.24) is 16.0 Å². The van der Waals surface area contributed by atoms with Gasteiger partial charge in [-0.25, -0.2) is 0 Å². The number of nitrogens with one attached hydrogen (secondary N) is 6. The van der Waals surface area contributed by atoms with E-state index >= 15 is 0 Å². The smallest absolute Gasteiger partial charge is 0.244 e. The Morgan fingerprint density at radius 2 is 0.761 bits per heavy atom. The maximum atomic E-state index is 12.7. The van der Waals surface area contributed by atoms with E-state index in [2.05, 4.69) is 31.9 Å². The summed E-state index contributed by atoms with van der Waals surface area (Å²) >= 11 is 0. The summed E-state index contributed by atoms with van der Waals surface area (Å²) in [5.41, 5.74) is 4.66. The first-order valence-electron chi connectivity index (χ1n) is 15.7. The number of benzene rings is 3. The van der Waals surface area contributed by atoms with E-state index in [4.69, 9.17) is 0 Å². The number of anilines is 3. The lowest BCUT2D eigenvalue weighted by atomic mass is 9.85. The average Bonchev–Trinajstić information content (AvgIpc) is 3.81. The highest BCUT2D eigenvalue weighted by molar-refractivity contribution is 5.96. The summed E-state index contributed by atoms with van der Waals surface area (Å²) in [6.45, 7) is 1.76. The third kappa shape index (κ3) is 7.12. The van der Waals surface area contributed by atoms with Crippen molar-refractivity contribution in [3.8, 4) is 0 Å². The van der Waals surface area contributed by atoms with Gasteiger partial charge < -0.3 is 47.2 Å². The highest BCUT2D eigenvalue weighted by atomic mass is 16.3. The summed E-state index contributed by atoms with van der Waals surface area (Å²) in [6.07, 6.45) is -0.567. The van der Waals surface area contributed by atoms with Crippen molar-refractivity contribution in [2.24, 2.45) is 0 Å². The Kier molecular flexibility index (Phi) is 9.73. The van der Waals surface area contributed by atoms with E-state index < -0.39 is 36.4 Å². The lowest BCUT2D eigenvalue weighted by Gasteiger charge is -2.21. The Balaban J connectivity index is 1.22. The van der Waals surface area contributed by atoms with Gasteiger partial charge >= 0.3 is 0 Å². The standard InChI is InChI=1S/C34H40N6O6/c41-25-13-16-35-29(25)32(44)38-22-7-1-19(2-8-22)28(20-3-9-23(10-4-20)39-33(45)30-26(42)14-17-36-30)21-5-11-24(12-6-21)40-34(46)31-27(43)15-18-37-31/h1-12,25-31,35-37,41-43H,13-18H2,(H,38,44)(H,39,45)(H,40,46)/t25?,26?,27?,28?,29-,30-,31-/m1/s1. The van der Waals surface area contributed by atoms with Crippen LogP contribution in [0.5, 0.6) is 0 Å². The monoisotopic (exact) mass is 628 g/mol. The van der Waals surface area contributed by atoms with Gasteiger partial charge in [0.2, 0.25) is 17.7 Å². The first-order chi connectivity index (χ1) is 22.3. The molecule has 3 unspecified atom stereocenters. The van der Waals surface area contributed by atoms with Crippen molar-refractivity contribution in [2.45, 2.75) is 61.6 Å². The van der Waals surface area contributed by atoms with Crippen LogP contribution in [-0.2, 0) is 14.4 Å². The Hall–Kier alpha value is -4.17. The Bertz CT molecular complexity index is 1350. The molecule has 6 atom stereocenters. The summed E-state index contributed by atoms with van der Waals surface area (Å²) in [5.74, 6) is -1.09. The fourth-order valence-electron chi connectivity index (χ4n) is 6.38. The van der Waals surface area contributed by atoms with E-state index in [1.807, 2.05) is 72.8 Å². The van der Waals surface area contributed by atoms with Crippen LogP contribution in [0.15, 0.2) is 72.8 Å². The van der Waals surface area contributed by atoms with Crippen molar-refractivity contribution in [1.29, 1.82) is 0 Å². The summed E-state index contributed by atoms with van der Waals surface area (Å²) in [7, 11) is 0. The largest absolute Gasteiger partial charge is 0.391 e. The average molecular weight is 629 g/mol. The molecule has 242 valence electrons. The van der Waals surface area contributed by atoms with Gasteiger partial charge in [0.25, 0.3) is 0 Å². The lowest BCUT2D eigenvalue weighted by molar-refractivity contribution is -0.120. The van der Waals surface area contributed by atoms with Gasteiger partial charge in [-0.3, -0.25) is 14.4 Å². The van der Waals surface area contributed by atoms with Gasteiger partial charge in [0.1, 0.15) is 18.1 Å². The van der Waals surface area contributed by atoms with E-state index in [0.717, 1.165) is 16.7 Å². The molecule has 46 heavy (non-hydrogen) atoms. The van der Waals surface area contributed by atoms with Gasteiger partial charge in [-0.15, -0.1) is 0 Å². The molecule has 3 saturated heterocycles. The van der Waals surface area contributed by atoms with Gasteiger partial charge in [0, 0.05) is 23.0 Å². The van der Waals surface area contributed by atoms with Crippen LogP contribution in [0.4, 0.5) is 17.1 Å². The fourth-order valence-corrected chi connectivity index (χ4v) is 6.38. The highest BCUT2D eigenvalue weighted by Gasteiger charge is 2.33. The van der Waals surface area contributed by atoms with Crippen LogP contribution in [0.2, 0.25) is 0 Å². The van der Waals surface area contributed by atoms with Crippen molar-refractivity contribution >= 4 is 34.8 Å². The van der Waals surface area contributed by atoms with E-state index in [1.165, 1.54) is 0 Å². The third-order valence-electron chi connectivity index (χ3n) is 8.95. The molecule has 0 bridgehead atoms. The SMILES string of the molecule is O=C(Nc1ccc(C(c2ccc(NC(=O)[C@@H]3NCCC3O)cc2)c2ccc(NC(=O)[C@@H]3NCCC3O)cc2)cc1)[C@@H]1NCCC1O. The van der Waals surface area contributed by atoms with E-state index in [9.17, 15) is 29.7 Å². The number of carbonyl (C=O) groups is 3. The second-order valence-corrected chi connectivity index (χ2v) is 12.1. The first kappa shape index (κ1) is 31.8. The maximum Gasteiger partial charge on any atom is 0.244 e. The summed E-state index contributed by atoms with van der Waals surface area (Å²) in [4.78, 5) is 38.0. The molecule has 0 aliphatic carbocycles. The third-order valence-corrected chi connectivity index (χ3v) is 8.95. The number of rotatable bonds is 9. The van der Waals surface area contributed by atoms with E-state index in [-0.39, 0.29) is 23.6 Å². The molecule has 9 N–H and O–H groups in total. The van der Waals surface area contributed by atoms with Crippen LogP contribution in [0, 0.1) is 0 Å². The molecule has 3 amide bonds. The zero-order valence-corrected chi connectivity index (χ0v) is 25.3. The predicted molar refractivity (Wildman–Crippen MR) is 173 cm³/mol. The lowest BCUT2D eigenvalue weighted by Crippen LogP contribution is -2.42. The van der Waals surface area contributed by atoms with Gasteiger partial charge in [0.05, 0.1) is 18.3 Å². The molecule has 3 aliphatic rings. The number of carbonyl (C=O) groups excluding carboxylic acids is 3. The fraction of sp³-hybridized carbons (Fsp3) is 0.382. The molecule has 3 fully saturated rings. The van der Waals surface area contributed by atoms with Gasteiger partial charge in [0.15, 0.2) is 0 Å². The zero-order chi connectivity index (χ0) is 32.2. The minimum Gasteiger partial charge on any atom is -0.391 e. The van der Waals surface area contributed by atoms with Gasteiger partial charge in [-0.2, -0.15) is 0 Å². The minimum atomic E-state index is -0.719. The van der Waals surface area contributed by atoms with E-state index in [1.54, 1.807) is 0 Å². The molecule has 12 heteroatoms. The minimum absolute atomic E-state index is 0.228. The number of hydrogen-bond acceptors (Lipinski definition) is 9. The van der Waals surface area contributed by atoms with Gasteiger partial charge in [-0.05, 0) is 92.0 Å². The van der Waals surface area contributed by atoms with E-state index in [0.29, 0.717) is 56.0 Å². The number of amides is 3. The zero-order valence-electron chi connectivity index (χ0n) is 25.3. The van der Waals surface area contributed by atoms with Crippen LogP contribution in [0.3, 0.4) is 0 Å². The van der Waals surface area contributed by atoms with Crippen molar-refractivity contribution in [2.75, 3.05) is 35.6 Å². The molecule has 0 aromatic heterocycles. The Morgan fingerprint density at radius 3 is 0.978 bits per heavy atom. The predicted octanol–water partition coefficient (Wildman–Crippen LogP) is 0.851. The highest BCUT2D eigenvalue weighted by Crippen LogP contribution is 2.34. The van der Waals surface area contributed by atoms with Crippen LogP contribution >= 0.6 is 0 Å². The molecular weight excluding hydrogens is 588 g/mol. The van der Waals surface area contributed by atoms with Crippen LogP contribution in [-0.4, -0.2) is 89.1 Å². The molecule has 0 saturated carbocycles. The second-order valence-electron chi connectivity index (χ2n) is 12.1. The summed E-state index contributed by atoms with van der Waals surface area (Å²) in [6, 6.07) is 20.6. The first-order valence-corrected chi connectivity index (χ1v) is 15.7. The van der Waals surface area contributed by atoms with Crippen molar-refractivity contribution < 1.29 is 29.7 Å². The molecule has 0 spiro atoms. The van der Waals surface area contributed by atoms with Crippen molar-refractivity contribution in [3.63, 3.8) is 0 Å². The maximum absolute atomic E-state index is 12.7. The number of aliphatic hydroxyl groups is 3. The molecule has 6 rings (SSSR count). The Morgan fingerprint density at radius 1 is 0.500 bits per heavy atom. The van der Waals surface area contributed by atoms with Crippen molar-refractivity contribution in [3.05, 3.63) is 89.5 Å². The number of hydrogen-bond donors (Lipinski definition) is 9. The molecular formula is C34H40N6O6. The van der Waals surface area contributed by atoms with Crippen LogP contribution in [0.25, 0.3) is 0 Å². The molecule has 3 aromatic rings. The number of aliphatic hydroxyl groups excluding tert-OH is 3. The Labute approximate surface area is 267 Å². The molecule has 3 aromatic carbocycles. The normalized spacial score (nSPS) is 26.4. The quantitative estimate of drug-likeness (QED) is 0.155. The second kappa shape index (κ2) is 14.1. The van der Waals surface area contributed by atoms with Crippen LogP contribution in [0.1, 0.15) is 41.9 Å². The molecule has 3 aliphatic heterocycles. The summed E-state index contributed by atoms with van der Waals surface area (Å²) < 4.78 is 0. The van der Waals surface area contributed by atoms with Gasteiger partial charge in [-0.1, -0.05) is 36.4 Å². The topological polar surface area (TPSA) is 184 Å². The molecule has 12 nitrogen and oxygen atoms in total. The molecule has 3 heterocycles. The molecule has 0 radical (unpaired) electrons. The van der Waals surface area contributed by atoms with Crippen LogP contribution < -0.4 is 31.9 Å². The summed E-state index contributed by atoms with van der Waals surface area (Å²) in [5, 5.41) is 47.9.